The quantitative estimate of drug-likeness (QED) is 0.574. The van der Waals surface area contributed by atoms with E-state index in [-0.39, 0.29) is 28.9 Å². The monoisotopic (exact) mass is 472 g/mol. The molecule has 0 spiro atoms. The van der Waals surface area contributed by atoms with Crippen molar-refractivity contribution in [1.29, 1.82) is 0 Å². The highest BCUT2D eigenvalue weighted by Crippen LogP contribution is 2.29. The van der Waals surface area contributed by atoms with E-state index in [1.54, 1.807) is 30.3 Å². The molecule has 1 saturated heterocycles. The third-order valence-electron chi connectivity index (χ3n) is 4.87. The smallest absolute Gasteiger partial charge is 0.255 e. The Balaban J connectivity index is 1.48. The molecule has 0 atom stereocenters. The summed E-state index contributed by atoms with van der Waals surface area (Å²) >= 11 is 6.17. The van der Waals surface area contributed by atoms with Gasteiger partial charge in [-0.1, -0.05) is 29.8 Å². The maximum absolute atomic E-state index is 13.0. The van der Waals surface area contributed by atoms with Gasteiger partial charge in [0.25, 0.3) is 5.91 Å². The van der Waals surface area contributed by atoms with Crippen molar-refractivity contribution in [1.82, 2.24) is 4.31 Å². The summed E-state index contributed by atoms with van der Waals surface area (Å²) in [7, 11) is -3.80. The molecule has 0 bridgehead atoms. The molecule has 9 heteroatoms. The van der Waals surface area contributed by atoms with Crippen LogP contribution in [0.15, 0.2) is 77.7 Å². The lowest BCUT2D eigenvalue weighted by atomic mass is 10.2. The number of halogens is 1. The number of ether oxygens (including phenoxy) is 2. The fraction of sp³-hybridized carbons (Fsp3) is 0.174. The summed E-state index contributed by atoms with van der Waals surface area (Å²) < 4.78 is 38.2. The number of rotatable bonds is 6. The van der Waals surface area contributed by atoms with E-state index < -0.39 is 10.0 Å². The molecule has 166 valence electrons. The van der Waals surface area contributed by atoms with Crippen LogP contribution in [0.2, 0.25) is 5.02 Å². The third-order valence-corrected chi connectivity index (χ3v) is 7.25. The van der Waals surface area contributed by atoms with Crippen LogP contribution in [0.3, 0.4) is 0 Å². The van der Waals surface area contributed by atoms with Crippen molar-refractivity contribution in [3.63, 3.8) is 0 Å². The average Bonchev–Trinajstić information content (AvgIpc) is 2.82. The zero-order valence-corrected chi connectivity index (χ0v) is 18.6. The van der Waals surface area contributed by atoms with E-state index in [0.717, 1.165) is 0 Å². The molecule has 3 aromatic rings. The predicted octanol–water partition coefficient (Wildman–Crippen LogP) is 4.41. The Labute approximate surface area is 191 Å². The fourth-order valence-electron chi connectivity index (χ4n) is 3.21. The topological polar surface area (TPSA) is 84.9 Å². The summed E-state index contributed by atoms with van der Waals surface area (Å²) in [6.07, 6.45) is 0. The SMILES string of the molecule is O=C(Nc1ccc(Cl)c(S(=O)(=O)N2CCOCC2)c1)c1ccc(Oc2ccccc2)cc1. The number of anilines is 1. The number of hydrogen-bond donors (Lipinski definition) is 1. The first-order valence-electron chi connectivity index (χ1n) is 9.95. The zero-order valence-electron chi connectivity index (χ0n) is 17.0. The molecule has 1 N–H and O–H groups in total. The van der Waals surface area contributed by atoms with Gasteiger partial charge in [-0.2, -0.15) is 4.31 Å². The third kappa shape index (κ3) is 5.11. The van der Waals surface area contributed by atoms with Crippen molar-refractivity contribution in [3.05, 3.63) is 83.4 Å². The zero-order chi connectivity index (χ0) is 22.6. The van der Waals surface area contributed by atoms with Gasteiger partial charge in [-0.3, -0.25) is 4.79 Å². The van der Waals surface area contributed by atoms with Gasteiger partial charge in [0, 0.05) is 24.3 Å². The maximum atomic E-state index is 13.0. The van der Waals surface area contributed by atoms with Gasteiger partial charge < -0.3 is 14.8 Å². The minimum Gasteiger partial charge on any atom is -0.457 e. The standard InChI is InChI=1S/C23H21ClN2O5S/c24-21-11-8-18(16-22(21)32(28,29)26-12-14-30-15-13-26)25-23(27)17-6-9-20(10-7-17)31-19-4-2-1-3-5-19/h1-11,16H,12-15H2,(H,25,27). The van der Waals surface area contributed by atoms with Crippen LogP contribution >= 0.6 is 11.6 Å². The number of morpholine rings is 1. The molecule has 1 fully saturated rings. The number of para-hydroxylation sites is 1. The summed E-state index contributed by atoms with van der Waals surface area (Å²) in [6.45, 7) is 1.17. The van der Waals surface area contributed by atoms with Gasteiger partial charge in [0.2, 0.25) is 10.0 Å². The van der Waals surface area contributed by atoms with Crippen LogP contribution in [0.1, 0.15) is 10.4 Å². The van der Waals surface area contributed by atoms with E-state index >= 15 is 0 Å². The lowest BCUT2D eigenvalue weighted by Gasteiger charge is -2.26. The molecule has 0 aromatic heterocycles. The van der Waals surface area contributed by atoms with Gasteiger partial charge in [0.05, 0.1) is 18.2 Å². The van der Waals surface area contributed by atoms with Crippen molar-refractivity contribution >= 4 is 33.2 Å². The molecule has 4 rings (SSSR count). The summed E-state index contributed by atoms with van der Waals surface area (Å²) in [6, 6.07) is 20.4. The van der Waals surface area contributed by atoms with Crippen LogP contribution in [-0.4, -0.2) is 44.9 Å². The molecule has 1 aliphatic rings. The average molecular weight is 473 g/mol. The Morgan fingerprint density at radius 1 is 0.938 bits per heavy atom. The summed E-state index contributed by atoms with van der Waals surface area (Å²) in [5.41, 5.74) is 0.730. The Hall–Kier alpha value is -2.91. The van der Waals surface area contributed by atoms with Crippen LogP contribution in [0.25, 0.3) is 0 Å². The number of nitrogens with zero attached hydrogens (tertiary/aromatic N) is 1. The lowest BCUT2D eigenvalue weighted by molar-refractivity contribution is 0.0730. The minimum atomic E-state index is -3.80. The highest BCUT2D eigenvalue weighted by Gasteiger charge is 2.28. The number of amides is 1. The lowest BCUT2D eigenvalue weighted by Crippen LogP contribution is -2.40. The number of carbonyl (C=O) groups is 1. The van der Waals surface area contributed by atoms with Gasteiger partial charge in [-0.05, 0) is 54.6 Å². The van der Waals surface area contributed by atoms with Crippen LogP contribution < -0.4 is 10.1 Å². The molecular weight excluding hydrogens is 452 g/mol. The Bertz CT molecular complexity index is 1190. The van der Waals surface area contributed by atoms with E-state index in [2.05, 4.69) is 5.32 Å². The van der Waals surface area contributed by atoms with E-state index in [0.29, 0.717) is 36.0 Å². The van der Waals surface area contributed by atoms with E-state index in [4.69, 9.17) is 21.1 Å². The Kier molecular flexibility index (Phi) is 6.76. The normalized spacial score (nSPS) is 14.7. The number of benzene rings is 3. The maximum Gasteiger partial charge on any atom is 0.255 e. The molecular formula is C23H21ClN2O5S. The first-order chi connectivity index (χ1) is 15.4. The highest BCUT2D eigenvalue weighted by molar-refractivity contribution is 7.89. The molecule has 32 heavy (non-hydrogen) atoms. The second kappa shape index (κ2) is 9.70. The summed E-state index contributed by atoms with van der Waals surface area (Å²) in [5, 5.41) is 2.82. The number of nitrogens with one attached hydrogen (secondary N) is 1. The van der Waals surface area contributed by atoms with Crippen LogP contribution in [-0.2, 0) is 14.8 Å². The van der Waals surface area contributed by atoms with Crippen molar-refractivity contribution in [2.45, 2.75) is 4.90 Å². The molecule has 0 unspecified atom stereocenters. The molecule has 0 radical (unpaired) electrons. The molecule has 7 nitrogen and oxygen atoms in total. The van der Waals surface area contributed by atoms with Crippen molar-refractivity contribution in [2.24, 2.45) is 0 Å². The highest BCUT2D eigenvalue weighted by atomic mass is 35.5. The summed E-state index contributed by atoms with van der Waals surface area (Å²) in [4.78, 5) is 12.6. The van der Waals surface area contributed by atoms with Gasteiger partial charge in [0.1, 0.15) is 16.4 Å². The molecule has 1 heterocycles. The Morgan fingerprint density at radius 2 is 1.59 bits per heavy atom. The second-order valence-corrected chi connectivity index (χ2v) is 9.37. The second-order valence-electron chi connectivity index (χ2n) is 7.06. The van der Waals surface area contributed by atoms with E-state index in [1.807, 2.05) is 30.3 Å². The van der Waals surface area contributed by atoms with Crippen LogP contribution in [0, 0.1) is 0 Å². The fourth-order valence-corrected chi connectivity index (χ4v) is 5.12. The van der Waals surface area contributed by atoms with Gasteiger partial charge in [0.15, 0.2) is 0 Å². The minimum absolute atomic E-state index is 0.0505. The summed E-state index contributed by atoms with van der Waals surface area (Å²) in [5.74, 6) is 0.909. The predicted molar refractivity (Wildman–Crippen MR) is 122 cm³/mol. The molecule has 1 aliphatic heterocycles. The van der Waals surface area contributed by atoms with Crippen LogP contribution in [0.5, 0.6) is 11.5 Å². The largest absolute Gasteiger partial charge is 0.457 e. The first-order valence-corrected chi connectivity index (χ1v) is 11.8. The molecule has 1 amide bonds. The van der Waals surface area contributed by atoms with Gasteiger partial charge in [-0.15, -0.1) is 0 Å². The van der Waals surface area contributed by atoms with E-state index in [9.17, 15) is 13.2 Å². The number of carbonyl (C=O) groups excluding carboxylic acids is 1. The first kappa shape index (κ1) is 22.3. The van der Waals surface area contributed by atoms with Crippen molar-refractivity contribution < 1.29 is 22.7 Å². The van der Waals surface area contributed by atoms with Crippen molar-refractivity contribution in [2.75, 3.05) is 31.6 Å². The molecule has 0 saturated carbocycles. The number of sulfonamides is 1. The number of hydrogen-bond acceptors (Lipinski definition) is 5. The Morgan fingerprint density at radius 3 is 2.28 bits per heavy atom. The van der Waals surface area contributed by atoms with Crippen molar-refractivity contribution in [3.8, 4) is 11.5 Å². The van der Waals surface area contributed by atoms with Gasteiger partial charge in [-0.25, -0.2) is 8.42 Å². The van der Waals surface area contributed by atoms with Crippen LogP contribution in [0.4, 0.5) is 5.69 Å². The molecule has 3 aromatic carbocycles. The molecule has 0 aliphatic carbocycles. The van der Waals surface area contributed by atoms with E-state index in [1.165, 1.54) is 16.4 Å². The van der Waals surface area contributed by atoms with Gasteiger partial charge >= 0.3 is 0 Å².